The first-order valence-corrected chi connectivity index (χ1v) is 12.4. The fourth-order valence-electron chi connectivity index (χ4n) is 4.23. The summed E-state index contributed by atoms with van der Waals surface area (Å²) in [6, 6.07) is 19.4. The third-order valence-corrected chi connectivity index (χ3v) is 9.98. The molecule has 10 heteroatoms. The number of carbonyl (C=O) groups is 2. The molecule has 3 aromatic rings. The highest BCUT2D eigenvalue weighted by atomic mass is 35.5. The number of esters is 2. The summed E-state index contributed by atoms with van der Waals surface area (Å²) in [5, 5.41) is -0.256. The van der Waals surface area contributed by atoms with Crippen LogP contribution in [0.3, 0.4) is 0 Å². The molecule has 0 fully saturated rings. The number of hydrogen-bond donors (Lipinski definition) is 0. The highest BCUT2D eigenvalue weighted by Gasteiger charge is 2.79. The first-order valence-electron chi connectivity index (χ1n) is 10.1. The maximum absolute atomic E-state index is 12.8. The molecule has 2 aliphatic carbocycles. The lowest BCUT2D eigenvalue weighted by Crippen LogP contribution is -2.39. The second-order valence-electron chi connectivity index (χ2n) is 7.84. The molecule has 35 heavy (non-hydrogen) atoms. The molecule has 0 heterocycles. The number of fused-ring (bicyclic) bond motifs is 5. The van der Waals surface area contributed by atoms with Gasteiger partial charge in [0, 0.05) is 11.1 Å². The van der Waals surface area contributed by atoms with Crippen molar-refractivity contribution < 1.29 is 19.1 Å². The Morgan fingerprint density at radius 2 is 0.914 bits per heavy atom. The van der Waals surface area contributed by atoms with Gasteiger partial charge in [0.1, 0.15) is 21.2 Å². The standard InChI is InChI=1S/C25H12Cl6O4/c26-19-20(27)24(29)18-16(35-22(33)14-9-5-2-6-10-14)12-11-15(17(18)23(19,28)25(24,30)31)34-21(32)13-7-3-1-4-8-13/h1-12H. The van der Waals surface area contributed by atoms with Crippen molar-refractivity contribution in [2.75, 3.05) is 0 Å². The van der Waals surface area contributed by atoms with Crippen LogP contribution in [-0.4, -0.2) is 16.3 Å². The highest BCUT2D eigenvalue weighted by molar-refractivity contribution is 6.65. The van der Waals surface area contributed by atoms with E-state index in [2.05, 4.69) is 0 Å². The van der Waals surface area contributed by atoms with Gasteiger partial charge >= 0.3 is 11.9 Å². The number of benzene rings is 3. The third kappa shape index (κ3) is 3.35. The maximum atomic E-state index is 12.8. The zero-order chi connectivity index (χ0) is 25.2. The molecule has 3 aromatic carbocycles. The van der Waals surface area contributed by atoms with Crippen molar-refractivity contribution in [1.82, 2.24) is 0 Å². The van der Waals surface area contributed by atoms with Crippen LogP contribution in [0.4, 0.5) is 0 Å². The van der Waals surface area contributed by atoms with Crippen LogP contribution < -0.4 is 9.47 Å². The summed E-state index contributed by atoms with van der Waals surface area (Å²) in [6.45, 7) is 0. The minimum absolute atomic E-state index is 0.0149. The van der Waals surface area contributed by atoms with E-state index in [1.807, 2.05) is 0 Å². The average Bonchev–Trinajstić information content (AvgIpc) is 3.07. The molecule has 2 atom stereocenters. The van der Waals surface area contributed by atoms with E-state index in [0.717, 1.165) is 0 Å². The van der Waals surface area contributed by atoms with Crippen LogP contribution in [0.15, 0.2) is 82.9 Å². The minimum Gasteiger partial charge on any atom is -0.423 e. The second-order valence-corrected chi connectivity index (χ2v) is 11.1. The van der Waals surface area contributed by atoms with E-state index >= 15 is 0 Å². The number of rotatable bonds is 4. The van der Waals surface area contributed by atoms with Crippen molar-refractivity contribution in [3.05, 3.63) is 105 Å². The zero-order valence-electron chi connectivity index (χ0n) is 17.3. The Morgan fingerprint density at radius 3 is 1.26 bits per heavy atom. The minimum atomic E-state index is -2.03. The number of ether oxygens (including phenoxy) is 2. The molecule has 0 amide bonds. The van der Waals surface area contributed by atoms with Gasteiger partial charge in [0.25, 0.3) is 0 Å². The molecule has 2 unspecified atom stereocenters. The summed E-state index contributed by atoms with van der Waals surface area (Å²) < 4.78 is 9.30. The first kappa shape index (κ1) is 24.8. The number of carbonyl (C=O) groups excluding carboxylic acids is 2. The summed E-state index contributed by atoms with van der Waals surface area (Å²) in [5.74, 6) is -1.37. The van der Waals surface area contributed by atoms with Crippen LogP contribution in [0.2, 0.25) is 0 Å². The van der Waals surface area contributed by atoms with Gasteiger partial charge < -0.3 is 9.47 Å². The van der Waals surface area contributed by atoms with Gasteiger partial charge in [-0.3, -0.25) is 0 Å². The van der Waals surface area contributed by atoms with Crippen molar-refractivity contribution >= 4 is 81.5 Å². The quantitative estimate of drug-likeness (QED) is 0.177. The molecule has 2 bridgehead atoms. The van der Waals surface area contributed by atoms with Gasteiger partial charge in [-0.25, -0.2) is 9.59 Å². The predicted molar refractivity (Wildman–Crippen MR) is 137 cm³/mol. The van der Waals surface area contributed by atoms with Crippen LogP contribution in [0.5, 0.6) is 11.5 Å². The average molecular weight is 589 g/mol. The summed E-state index contributed by atoms with van der Waals surface area (Å²) in [6.07, 6.45) is 0. The van der Waals surface area contributed by atoms with Crippen molar-refractivity contribution in [3.8, 4) is 11.5 Å². The lowest BCUT2D eigenvalue weighted by atomic mass is 9.93. The maximum Gasteiger partial charge on any atom is 0.343 e. The normalized spacial score (nSPS) is 23.7. The molecule has 0 aromatic heterocycles. The van der Waals surface area contributed by atoms with E-state index in [1.54, 1.807) is 60.7 Å². The molecular formula is C25H12Cl6O4. The van der Waals surface area contributed by atoms with E-state index < -0.39 is 26.0 Å². The largest absolute Gasteiger partial charge is 0.423 e. The summed E-state index contributed by atoms with van der Waals surface area (Å²) in [4.78, 5) is 21.9. The lowest BCUT2D eigenvalue weighted by molar-refractivity contribution is 0.0716. The van der Waals surface area contributed by atoms with Crippen molar-refractivity contribution in [1.29, 1.82) is 0 Å². The molecule has 2 aliphatic rings. The van der Waals surface area contributed by atoms with E-state index in [4.69, 9.17) is 79.1 Å². The Labute approximate surface area is 230 Å². The smallest absolute Gasteiger partial charge is 0.343 e. The van der Waals surface area contributed by atoms with Crippen LogP contribution in [0.1, 0.15) is 31.8 Å². The summed E-state index contributed by atoms with van der Waals surface area (Å²) >= 11 is 40.4. The molecule has 0 N–H and O–H groups in total. The molecule has 4 nitrogen and oxygen atoms in total. The van der Waals surface area contributed by atoms with E-state index in [1.165, 1.54) is 12.1 Å². The van der Waals surface area contributed by atoms with Gasteiger partial charge in [0.05, 0.1) is 21.2 Å². The molecule has 178 valence electrons. The molecule has 0 spiro atoms. The molecule has 0 saturated carbocycles. The van der Waals surface area contributed by atoms with Gasteiger partial charge in [-0.2, -0.15) is 0 Å². The van der Waals surface area contributed by atoms with Crippen LogP contribution in [0, 0.1) is 0 Å². The van der Waals surface area contributed by atoms with Gasteiger partial charge in [-0.1, -0.05) is 82.8 Å². The topological polar surface area (TPSA) is 52.6 Å². The Balaban J connectivity index is 1.68. The van der Waals surface area contributed by atoms with Gasteiger partial charge in [-0.05, 0) is 36.4 Å². The molecule has 5 rings (SSSR count). The molecule has 0 saturated heterocycles. The fourth-order valence-corrected chi connectivity index (χ4v) is 6.93. The number of hydrogen-bond acceptors (Lipinski definition) is 4. The van der Waals surface area contributed by atoms with Gasteiger partial charge in [0.2, 0.25) is 0 Å². The summed E-state index contributed by atoms with van der Waals surface area (Å²) in [5.41, 5.74) is 0.735. The van der Waals surface area contributed by atoms with Crippen LogP contribution >= 0.6 is 69.6 Å². The number of halogens is 6. The van der Waals surface area contributed by atoms with Crippen LogP contribution in [-0.2, 0) is 9.75 Å². The fraction of sp³-hybridized carbons (Fsp3) is 0.120. The Bertz CT molecular complexity index is 1300. The Hall–Kier alpha value is -1.92. The van der Waals surface area contributed by atoms with E-state index in [0.29, 0.717) is 0 Å². The van der Waals surface area contributed by atoms with Crippen molar-refractivity contribution in [2.24, 2.45) is 0 Å². The molecular weight excluding hydrogens is 577 g/mol. The SMILES string of the molecule is O=C(Oc1ccc(OC(=O)c2ccccc2)c2c1C1(Cl)C(Cl)=C(Cl)C2(Cl)C1(Cl)Cl)c1ccccc1. The van der Waals surface area contributed by atoms with Gasteiger partial charge in [0.15, 0.2) is 4.33 Å². The van der Waals surface area contributed by atoms with Gasteiger partial charge in [-0.15, -0.1) is 23.2 Å². The Kier molecular flexibility index (Phi) is 6.07. The first-order chi connectivity index (χ1) is 16.5. The third-order valence-electron chi connectivity index (χ3n) is 5.91. The number of allylic oxidation sites excluding steroid dienone is 2. The highest BCUT2D eigenvalue weighted by Crippen LogP contribution is 2.79. The molecule has 0 radical (unpaired) electrons. The second kappa shape index (κ2) is 8.58. The summed E-state index contributed by atoms with van der Waals surface area (Å²) in [7, 11) is 0. The van der Waals surface area contributed by atoms with Crippen molar-refractivity contribution in [3.63, 3.8) is 0 Å². The van der Waals surface area contributed by atoms with E-state index in [-0.39, 0.29) is 43.8 Å². The molecule has 0 aliphatic heterocycles. The Morgan fingerprint density at radius 1 is 0.571 bits per heavy atom. The zero-order valence-corrected chi connectivity index (χ0v) is 21.9. The monoisotopic (exact) mass is 586 g/mol. The van der Waals surface area contributed by atoms with E-state index in [9.17, 15) is 9.59 Å². The predicted octanol–water partition coefficient (Wildman–Crippen LogP) is 7.88. The number of alkyl halides is 4. The van der Waals surface area contributed by atoms with Crippen LogP contribution in [0.25, 0.3) is 0 Å². The van der Waals surface area contributed by atoms with Crippen molar-refractivity contribution in [2.45, 2.75) is 14.1 Å². The lowest BCUT2D eigenvalue weighted by Gasteiger charge is -2.31.